The zero-order valence-electron chi connectivity index (χ0n) is 8.64. The summed E-state index contributed by atoms with van der Waals surface area (Å²) >= 11 is 9.33. The summed E-state index contributed by atoms with van der Waals surface area (Å²) in [5.41, 5.74) is 0.915. The highest BCUT2D eigenvalue weighted by molar-refractivity contribution is 9.10. The van der Waals surface area contributed by atoms with Crippen LogP contribution in [0.1, 0.15) is 18.9 Å². The number of hydrogen-bond acceptors (Lipinski definition) is 2. The van der Waals surface area contributed by atoms with Crippen LogP contribution in [0.25, 0.3) is 0 Å². The number of carbonyl (C=O) groups excluding carboxylic acids is 1. The fourth-order valence-corrected chi connectivity index (χ4v) is 2.15. The van der Waals surface area contributed by atoms with Crippen LogP contribution < -0.4 is 4.74 Å². The normalized spacial score (nSPS) is 10.1. The highest BCUT2D eigenvalue weighted by Gasteiger charge is 2.08. The van der Waals surface area contributed by atoms with Gasteiger partial charge in [0, 0.05) is 10.9 Å². The molecule has 0 amide bonds. The quantitative estimate of drug-likeness (QED) is 0.844. The van der Waals surface area contributed by atoms with Gasteiger partial charge in [0.2, 0.25) is 0 Å². The highest BCUT2D eigenvalue weighted by Crippen LogP contribution is 2.31. The van der Waals surface area contributed by atoms with E-state index in [2.05, 4.69) is 15.9 Å². The standard InChI is InChI=1S/C11H12BrClO2/c1-3-9(14)6-15-11-7(2)4-8(12)5-10(11)13/h4-5H,3,6H2,1-2H3. The van der Waals surface area contributed by atoms with Crippen LogP contribution in [0.15, 0.2) is 16.6 Å². The summed E-state index contributed by atoms with van der Waals surface area (Å²) in [6.07, 6.45) is 0.479. The molecule has 0 fully saturated rings. The average molecular weight is 292 g/mol. The third-order valence-electron chi connectivity index (χ3n) is 1.97. The Kier molecular flexibility index (Phi) is 4.61. The van der Waals surface area contributed by atoms with Crippen molar-refractivity contribution in [2.24, 2.45) is 0 Å². The molecular formula is C11H12BrClO2. The van der Waals surface area contributed by atoms with Gasteiger partial charge in [0.15, 0.2) is 5.78 Å². The molecule has 0 aliphatic rings. The number of hydrogen-bond donors (Lipinski definition) is 0. The van der Waals surface area contributed by atoms with E-state index in [0.717, 1.165) is 10.0 Å². The summed E-state index contributed by atoms with van der Waals surface area (Å²) in [4.78, 5) is 11.1. The van der Waals surface area contributed by atoms with Crippen molar-refractivity contribution in [1.82, 2.24) is 0 Å². The Balaban J connectivity index is 2.81. The SMILES string of the molecule is CCC(=O)COc1c(C)cc(Br)cc1Cl. The van der Waals surface area contributed by atoms with Crippen LogP contribution in [0, 0.1) is 6.92 Å². The first-order valence-electron chi connectivity index (χ1n) is 4.64. The van der Waals surface area contributed by atoms with Crippen molar-refractivity contribution in [2.75, 3.05) is 6.61 Å². The molecule has 0 spiro atoms. The number of aryl methyl sites for hydroxylation is 1. The molecule has 0 atom stereocenters. The molecule has 0 heterocycles. The summed E-state index contributed by atoms with van der Waals surface area (Å²) in [5, 5.41) is 0.519. The van der Waals surface area contributed by atoms with Crippen molar-refractivity contribution in [2.45, 2.75) is 20.3 Å². The minimum Gasteiger partial charge on any atom is -0.484 e. The summed E-state index contributed by atoms with van der Waals surface area (Å²) in [5.74, 6) is 0.648. The van der Waals surface area contributed by atoms with Crippen molar-refractivity contribution < 1.29 is 9.53 Å². The number of rotatable bonds is 4. The minimum atomic E-state index is 0.0633. The Hall–Kier alpha value is -0.540. The third kappa shape index (κ3) is 3.50. The maximum absolute atomic E-state index is 11.1. The first-order valence-corrected chi connectivity index (χ1v) is 5.81. The highest BCUT2D eigenvalue weighted by atomic mass is 79.9. The van der Waals surface area contributed by atoms with Crippen LogP contribution in [0.2, 0.25) is 5.02 Å². The van der Waals surface area contributed by atoms with E-state index in [-0.39, 0.29) is 12.4 Å². The van der Waals surface area contributed by atoms with E-state index < -0.39 is 0 Å². The lowest BCUT2D eigenvalue weighted by molar-refractivity contribution is -0.120. The molecule has 1 aromatic carbocycles. The van der Waals surface area contributed by atoms with Gasteiger partial charge in [-0.25, -0.2) is 0 Å². The molecule has 0 saturated heterocycles. The van der Waals surface area contributed by atoms with Crippen LogP contribution in [-0.4, -0.2) is 12.4 Å². The number of carbonyl (C=O) groups is 1. The molecule has 1 aromatic rings. The molecule has 0 aromatic heterocycles. The van der Waals surface area contributed by atoms with E-state index in [0.29, 0.717) is 17.2 Å². The van der Waals surface area contributed by atoms with Gasteiger partial charge in [0.05, 0.1) is 5.02 Å². The van der Waals surface area contributed by atoms with Crippen LogP contribution in [-0.2, 0) is 4.79 Å². The second-order valence-corrected chi connectivity index (χ2v) is 4.54. The molecule has 2 nitrogen and oxygen atoms in total. The Morgan fingerprint density at radius 3 is 2.73 bits per heavy atom. The second kappa shape index (κ2) is 5.52. The fourth-order valence-electron chi connectivity index (χ4n) is 1.13. The van der Waals surface area contributed by atoms with E-state index >= 15 is 0 Å². The summed E-state index contributed by atoms with van der Waals surface area (Å²) in [6.45, 7) is 3.78. The van der Waals surface area contributed by atoms with Gasteiger partial charge in [0.25, 0.3) is 0 Å². The third-order valence-corrected chi connectivity index (χ3v) is 2.70. The van der Waals surface area contributed by atoms with Gasteiger partial charge in [-0.05, 0) is 24.6 Å². The average Bonchev–Trinajstić information content (AvgIpc) is 2.15. The zero-order valence-corrected chi connectivity index (χ0v) is 11.0. The molecule has 4 heteroatoms. The van der Waals surface area contributed by atoms with E-state index in [1.54, 1.807) is 6.07 Å². The molecule has 0 saturated carbocycles. The topological polar surface area (TPSA) is 26.3 Å². The smallest absolute Gasteiger partial charge is 0.169 e. The lowest BCUT2D eigenvalue weighted by Crippen LogP contribution is -2.10. The Labute approximate surface area is 103 Å². The monoisotopic (exact) mass is 290 g/mol. The van der Waals surface area contributed by atoms with Gasteiger partial charge in [-0.15, -0.1) is 0 Å². The van der Waals surface area contributed by atoms with E-state index in [9.17, 15) is 4.79 Å². The lowest BCUT2D eigenvalue weighted by atomic mass is 10.2. The molecule has 0 N–H and O–H groups in total. The number of halogens is 2. The fraction of sp³-hybridized carbons (Fsp3) is 0.364. The Bertz CT molecular complexity index is 354. The number of Topliss-reactive ketones (excluding diaryl/α,β-unsaturated/α-hetero) is 1. The van der Waals surface area contributed by atoms with E-state index in [1.807, 2.05) is 19.9 Å². The molecule has 82 valence electrons. The summed E-state index contributed by atoms with van der Waals surface area (Å²) < 4.78 is 6.27. The Morgan fingerprint density at radius 1 is 1.53 bits per heavy atom. The summed E-state index contributed by atoms with van der Waals surface area (Å²) in [6, 6.07) is 3.65. The van der Waals surface area contributed by atoms with Crippen molar-refractivity contribution in [3.63, 3.8) is 0 Å². The number of ketones is 1. The Morgan fingerprint density at radius 2 is 2.20 bits per heavy atom. The van der Waals surface area contributed by atoms with Crippen molar-refractivity contribution >= 4 is 33.3 Å². The maximum atomic E-state index is 11.1. The van der Waals surface area contributed by atoms with Crippen molar-refractivity contribution in [3.8, 4) is 5.75 Å². The predicted molar refractivity (Wildman–Crippen MR) is 64.7 cm³/mol. The van der Waals surface area contributed by atoms with Gasteiger partial charge < -0.3 is 4.74 Å². The molecule has 0 aliphatic heterocycles. The molecule has 0 aliphatic carbocycles. The van der Waals surface area contributed by atoms with Gasteiger partial charge in [-0.3, -0.25) is 4.79 Å². The molecule has 1 rings (SSSR count). The van der Waals surface area contributed by atoms with E-state index in [4.69, 9.17) is 16.3 Å². The van der Waals surface area contributed by atoms with Crippen LogP contribution >= 0.6 is 27.5 Å². The van der Waals surface area contributed by atoms with Gasteiger partial charge >= 0.3 is 0 Å². The molecule has 15 heavy (non-hydrogen) atoms. The molecule has 0 bridgehead atoms. The first kappa shape index (κ1) is 12.5. The second-order valence-electron chi connectivity index (χ2n) is 3.21. The first-order chi connectivity index (χ1) is 7.04. The number of benzene rings is 1. The van der Waals surface area contributed by atoms with Crippen LogP contribution in [0.4, 0.5) is 0 Å². The van der Waals surface area contributed by atoms with Crippen molar-refractivity contribution in [3.05, 3.63) is 27.2 Å². The zero-order chi connectivity index (χ0) is 11.4. The predicted octanol–water partition coefficient (Wildman–Crippen LogP) is 3.77. The molecule has 0 unspecified atom stereocenters. The van der Waals surface area contributed by atoms with Gasteiger partial charge in [-0.1, -0.05) is 34.5 Å². The van der Waals surface area contributed by atoms with Crippen molar-refractivity contribution in [1.29, 1.82) is 0 Å². The van der Waals surface area contributed by atoms with Gasteiger partial charge in [-0.2, -0.15) is 0 Å². The molecule has 0 radical (unpaired) electrons. The number of ether oxygens (including phenoxy) is 1. The maximum Gasteiger partial charge on any atom is 0.169 e. The van der Waals surface area contributed by atoms with Crippen LogP contribution in [0.3, 0.4) is 0 Å². The van der Waals surface area contributed by atoms with E-state index in [1.165, 1.54) is 0 Å². The van der Waals surface area contributed by atoms with Gasteiger partial charge in [0.1, 0.15) is 12.4 Å². The lowest BCUT2D eigenvalue weighted by Gasteiger charge is -2.10. The largest absolute Gasteiger partial charge is 0.484 e. The molecular weight excluding hydrogens is 279 g/mol. The summed E-state index contributed by atoms with van der Waals surface area (Å²) in [7, 11) is 0. The minimum absolute atomic E-state index is 0.0633. The van der Waals surface area contributed by atoms with Crippen LogP contribution in [0.5, 0.6) is 5.75 Å².